The molecule has 1 aromatic carbocycles. The van der Waals surface area contributed by atoms with Crippen LogP contribution in [-0.4, -0.2) is 15.7 Å². The van der Waals surface area contributed by atoms with Gasteiger partial charge in [0.05, 0.1) is 5.69 Å². The summed E-state index contributed by atoms with van der Waals surface area (Å²) < 4.78 is 1.50. The third-order valence-corrected chi connectivity index (χ3v) is 3.59. The Kier molecular flexibility index (Phi) is 4.29. The average molecular weight is 291 g/mol. The summed E-state index contributed by atoms with van der Waals surface area (Å²) >= 11 is 5.85. The predicted molar refractivity (Wildman–Crippen MR) is 81.4 cm³/mol. The van der Waals surface area contributed by atoms with E-state index < -0.39 is 0 Å². The molecule has 0 aliphatic heterocycles. The third kappa shape index (κ3) is 2.93. The largest absolute Gasteiger partial charge is 0.278 e. The van der Waals surface area contributed by atoms with E-state index in [0.717, 1.165) is 17.8 Å². The minimum absolute atomic E-state index is 0.114. The Balaban J connectivity index is 2.38. The second-order valence-corrected chi connectivity index (χ2v) is 5.91. The van der Waals surface area contributed by atoms with Crippen LogP contribution in [0.3, 0.4) is 0 Å². The molecule has 1 aromatic heterocycles. The molecule has 4 heteroatoms. The Hall–Kier alpha value is -1.61. The van der Waals surface area contributed by atoms with Gasteiger partial charge in [-0.3, -0.25) is 4.79 Å². The molecule has 0 amide bonds. The van der Waals surface area contributed by atoms with Gasteiger partial charge in [-0.05, 0) is 56.0 Å². The Morgan fingerprint density at radius 3 is 2.40 bits per heavy atom. The molecule has 3 nitrogen and oxygen atoms in total. The topological polar surface area (TPSA) is 34.9 Å². The maximum atomic E-state index is 12.5. The highest BCUT2D eigenvalue weighted by atomic mass is 35.5. The molecule has 2 aromatic rings. The summed E-state index contributed by atoms with van der Waals surface area (Å²) in [6.07, 6.45) is 0.936. The van der Waals surface area contributed by atoms with Gasteiger partial charge in [-0.15, -0.1) is 0 Å². The number of hydrogen-bond acceptors (Lipinski definition) is 2. The van der Waals surface area contributed by atoms with Crippen LogP contribution in [0.15, 0.2) is 24.3 Å². The standard InChI is InChI=1S/C16H19ClN2O/c1-10(2)9-15-11(3)18-19(12(15)4)16(20)13-5-7-14(17)8-6-13/h5-8,10H,9H2,1-4H3. The molecular weight excluding hydrogens is 272 g/mol. The fraction of sp³-hybridized carbons (Fsp3) is 0.375. The van der Waals surface area contributed by atoms with Gasteiger partial charge in [-0.1, -0.05) is 25.4 Å². The van der Waals surface area contributed by atoms with Crippen LogP contribution in [0.2, 0.25) is 5.02 Å². The summed E-state index contributed by atoms with van der Waals surface area (Å²) in [4.78, 5) is 12.5. The Morgan fingerprint density at radius 1 is 1.25 bits per heavy atom. The van der Waals surface area contributed by atoms with E-state index in [1.807, 2.05) is 13.8 Å². The number of halogens is 1. The zero-order valence-electron chi connectivity index (χ0n) is 12.3. The molecule has 0 N–H and O–H groups in total. The molecule has 0 bridgehead atoms. The van der Waals surface area contributed by atoms with Gasteiger partial charge in [-0.25, -0.2) is 4.68 Å². The summed E-state index contributed by atoms with van der Waals surface area (Å²) in [6, 6.07) is 6.89. The maximum Gasteiger partial charge on any atom is 0.278 e. The molecule has 2 rings (SSSR count). The van der Waals surface area contributed by atoms with Gasteiger partial charge < -0.3 is 0 Å². The first-order chi connectivity index (χ1) is 9.40. The van der Waals surface area contributed by atoms with E-state index >= 15 is 0 Å². The lowest BCUT2D eigenvalue weighted by Gasteiger charge is -2.06. The van der Waals surface area contributed by atoms with Gasteiger partial charge in [-0.2, -0.15) is 5.10 Å². The Labute approximate surface area is 124 Å². The van der Waals surface area contributed by atoms with E-state index in [0.29, 0.717) is 16.5 Å². The van der Waals surface area contributed by atoms with Crippen LogP contribution in [0.4, 0.5) is 0 Å². The van der Waals surface area contributed by atoms with Crippen molar-refractivity contribution in [3.05, 3.63) is 51.8 Å². The van der Waals surface area contributed by atoms with Crippen LogP contribution in [0.1, 0.15) is 41.2 Å². The summed E-state index contributed by atoms with van der Waals surface area (Å²) in [5, 5.41) is 5.02. The van der Waals surface area contributed by atoms with Crippen molar-refractivity contribution in [3.63, 3.8) is 0 Å². The smallest absolute Gasteiger partial charge is 0.267 e. The summed E-state index contributed by atoms with van der Waals surface area (Å²) in [5.74, 6) is 0.424. The average Bonchev–Trinajstić information content (AvgIpc) is 2.66. The van der Waals surface area contributed by atoms with E-state index in [-0.39, 0.29) is 5.91 Å². The lowest BCUT2D eigenvalue weighted by Crippen LogP contribution is -2.15. The SMILES string of the molecule is Cc1nn(C(=O)c2ccc(Cl)cc2)c(C)c1CC(C)C. The molecule has 0 radical (unpaired) electrons. The highest BCUT2D eigenvalue weighted by Crippen LogP contribution is 2.19. The van der Waals surface area contributed by atoms with Crippen molar-refractivity contribution in [3.8, 4) is 0 Å². The number of aromatic nitrogens is 2. The van der Waals surface area contributed by atoms with E-state index in [9.17, 15) is 4.79 Å². The molecule has 0 unspecified atom stereocenters. The van der Waals surface area contributed by atoms with Crippen LogP contribution < -0.4 is 0 Å². The molecule has 20 heavy (non-hydrogen) atoms. The van der Waals surface area contributed by atoms with Crippen LogP contribution in [0, 0.1) is 19.8 Å². The third-order valence-electron chi connectivity index (χ3n) is 3.34. The number of hydrogen-bond donors (Lipinski definition) is 0. The molecule has 0 fully saturated rings. The molecule has 0 aliphatic rings. The fourth-order valence-corrected chi connectivity index (χ4v) is 2.42. The molecule has 0 aliphatic carbocycles. The van der Waals surface area contributed by atoms with Crippen LogP contribution >= 0.6 is 11.6 Å². The van der Waals surface area contributed by atoms with Crippen LogP contribution in [-0.2, 0) is 6.42 Å². The first kappa shape index (κ1) is 14.8. The number of rotatable bonds is 3. The quantitative estimate of drug-likeness (QED) is 0.855. The first-order valence-electron chi connectivity index (χ1n) is 6.75. The normalized spacial score (nSPS) is 11.1. The van der Waals surface area contributed by atoms with Gasteiger partial charge in [0.25, 0.3) is 5.91 Å². The van der Waals surface area contributed by atoms with Crippen molar-refractivity contribution in [2.24, 2.45) is 5.92 Å². The number of aryl methyl sites for hydroxylation is 1. The molecule has 0 atom stereocenters. The molecule has 106 valence electrons. The van der Waals surface area contributed by atoms with E-state index in [2.05, 4.69) is 18.9 Å². The minimum Gasteiger partial charge on any atom is -0.267 e. The van der Waals surface area contributed by atoms with E-state index in [1.165, 1.54) is 10.2 Å². The van der Waals surface area contributed by atoms with Crippen LogP contribution in [0.25, 0.3) is 0 Å². The van der Waals surface area contributed by atoms with Crippen molar-refractivity contribution >= 4 is 17.5 Å². The minimum atomic E-state index is -0.114. The molecule has 0 saturated heterocycles. The van der Waals surface area contributed by atoms with Crippen LogP contribution in [0.5, 0.6) is 0 Å². The maximum absolute atomic E-state index is 12.5. The van der Waals surface area contributed by atoms with Gasteiger partial charge in [0.1, 0.15) is 0 Å². The number of benzene rings is 1. The predicted octanol–water partition coefficient (Wildman–Crippen LogP) is 4.04. The highest BCUT2D eigenvalue weighted by molar-refractivity contribution is 6.30. The number of carbonyl (C=O) groups is 1. The fourth-order valence-electron chi connectivity index (χ4n) is 2.29. The van der Waals surface area contributed by atoms with Gasteiger partial charge in [0.15, 0.2) is 0 Å². The van der Waals surface area contributed by atoms with Crippen molar-refractivity contribution in [1.29, 1.82) is 0 Å². The van der Waals surface area contributed by atoms with Crippen molar-refractivity contribution in [2.45, 2.75) is 34.1 Å². The Morgan fingerprint density at radius 2 is 1.85 bits per heavy atom. The summed E-state index contributed by atoms with van der Waals surface area (Å²) in [6.45, 7) is 8.23. The lowest BCUT2D eigenvalue weighted by molar-refractivity contribution is 0.0942. The molecule has 0 saturated carbocycles. The first-order valence-corrected chi connectivity index (χ1v) is 7.13. The number of nitrogens with zero attached hydrogens (tertiary/aromatic N) is 2. The number of carbonyl (C=O) groups excluding carboxylic acids is 1. The van der Waals surface area contributed by atoms with Crippen molar-refractivity contribution in [1.82, 2.24) is 9.78 Å². The summed E-state index contributed by atoms with van der Waals surface area (Å²) in [5.41, 5.74) is 3.62. The van der Waals surface area contributed by atoms with Gasteiger partial charge in [0, 0.05) is 16.3 Å². The van der Waals surface area contributed by atoms with E-state index in [4.69, 9.17) is 11.6 Å². The highest BCUT2D eigenvalue weighted by Gasteiger charge is 2.18. The molecular formula is C16H19ClN2O. The summed E-state index contributed by atoms with van der Waals surface area (Å²) in [7, 11) is 0. The monoisotopic (exact) mass is 290 g/mol. The van der Waals surface area contributed by atoms with Crippen molar-refractivity contribution < 1.29 is 4.79 Å². The Bertz CT molecular complexity index is 627. The second-order valence-electron chi connectivity index (χ2n) is 5.47. The molecule has 1 heterocycles. The lowest BCUT2D eigenvalue weighted by atomic mass is 10.0. The molecule has 0 spiro atoms. The van der Waals surface area contributed by atoms with E-state index in [1.54, 1.807) is 24.3 Å². The van der Waals surface area contributed by atoms with Gasteiger partial charge in [0.2, 0.25) is 0 Å². The van der Waals surface area contributed by atoms with Gasteiger partial charge >= 0.3 is 0 Å². The zero-order chi connectivity index (χ0) is 14.9. The second kappa shape index (κ2) is 5.80. The zero-order valence-corrected chi connectivity index (χ0v) is 13.0. The van der Waals surface area contributed by atoms with Crippen molar-refractivity contribution in [2.75, 3.05) is 0 Å².